The minimum Gasteiger partial charge on any atom is -0.465 e. The van der Waals surface area contributed by atoms with E-state index >= 15 is 0 Å². The molecular formula is C15H21NO3. The minimum atomic E-state index is -0.366. The molecule has 0 bridgehead atoms. The Morgan fingerprint density at radius 1 is 1.26 bits per heavy atom. The normalized spacial score (nSPS) is 10.1. The second kappa shape index (κ2) is 7.56. The molecule has 0 aliphatic carbocycles. The fourth-order valence-corrected chi connectivity index (χ4v) is 1.81. The average Bonchev–Trinajstić information content (AvgIpc) is 2.37. The van der Waals surface area contributed by atoms with E-state index < -0.39 is 0 Å². The van der Waals surface area contributed by atoms with Crippen molar-refractivity contribution in [3.8, 4) is 0 Å². The van der Waals surface area contributed by atoms with Crippen LogP contribution in [0.15, 0.2) is 24.3 Å². The molecule has 0 unspecified atom stereocenters. The molecule has 0 spiro atoms. The fraction of sp³-hybridized carbons (Fsp3) is 0.467. The van der Waals surface area contributed by atoms with E-state index in [0.29, 0.717) is 19.4 Å². The van der Waals surface area contributed by atoms with Crippen LogP contribution in [0.3, 0.4) is 0 Å². The van der Waals surface area contributed by atoms with Crippen molar-refractivity contribution in [2.75, 3.05) is 20.2 Å². The summed E-state index contributed by atoms with van der Waals surface area (Å²) in [7, 11) is 1.62. The number of benzene rings is 1. The first kappa shape index (κ1) is 15.2. The van der Waals surface area contributed by atoms with Gasteiger partial charge in [0.1, 0.15) is 6.54 Å². The summed E-state index contributed by atoms with van der Waals surface area (Å²) in [6.45, 7) is 4.13. The van der Waals surface area contributed by atoms with Crippen LogP contribution < -0.4 is 0 Å². The van der Waals surface area contributed by atoms with E-state index in [9.17, 15) is 9.59 Å². The highest BCUT2D eigenvalue weighted by Gasteiger charge is 2.13. The highest BCUT2D eigenvalue weighted by molar-refractivity contribution is 5.81. The van der Waals surface area contributed by atoms with Gasteiger partial charge in [0.05, 0.1) is 6.61 Å². The molecule has 0 heterocycles. The Kier molecular flexibility index (Phi) is 6.06. The zero-order chi connectivity index (χ0) is 14.3. The second-order valence-electron chi connectivity index (χ2n) is 4.48. The summed E-state index contributed by atoms with van der Waals surface area (Å²) < 4.78 is 4.81. The molecule has 1 rings (SSSR count). The molecule has 0 aliphatic rings. The molecule has 0 atom stereocenters. The predicted molar refractivity (Wildman–Crippen MR) is 73.8 cm³/mol. The Labute approximate surface area is 114 Å². The van der Waals surface area contributed by atoms with E-state index in [1.54, 1.807) is 14.0 Å². The van der Waals surface area contributed by atoms with Crippen LogP contribution in [0.4, 0.5) is 0 Å². The molecule has 4 nitrogen and oxygen atoms in total. The largest absolute Gasteiger partial charge is 0.465 e. The van der Waals surface area contributed by atoms with Gasteiger partial charge in [-0.05, 0) is 31.4 Å². The van der Waals surface area contributed by atoms with Crippen LogP contribution in [0.2, 0.25) is 0 Å². The third kappa shape index (κ3) is 5.12. The fourth-order valence-electron chi connectivity index (χ4n) is 1.81. The van der Waals surface area contributed by atoms with Crippen LogP contribution in [0, 0.1) is 6.92 Å². The van der Waals surface area contributed by atoms with Crippen LogP contribution in [0.25, 0.3) is 0 Å². The van der Waals surface area contributed by atoms with Crippen molar-refractivity contribution < 1.29 is 14.3 Å². The van der Waals surface area contributed by atoms with Gasteiger partial charge in [-0.3, -0.25) is 9.59 Å². The first-order valence-corrected chi connectivity index (χ1v) is 6.48. The van der Waals surface area contributed by atoms with Gasteiger partial charge in [-0.1, -0.05) is 24.3 Å². The molecular weight excluding hydrogens is 242 g/mol. The number of esters is 1. The zero-order valence-corrected chi connectivity index (χ0v) is 11.8. The summed E-state index contributed by atoms with van der Waals surface area (Å²) in [6, 6.07) is 8.00. The number of rotatable bonds is 6. The van der Waals surface area contributed by atoms with Crippen LogP contribution in [-0.2, 0) is 20.7 Å². The summed E-state index contributed by atoms with van der Waals surface area (Å²) >= 11 is 0. The van der Waals surface area contributed by atoms with E-state index in [1.807, 2.05) is 31.2 Å². The van der Waals surface area contributed by atoms with Gasteiger partial charge in [0.2, 0.25) is 5.91 Å². The third-order valence-corrected chi connectivity index (χ3v) is 2.97. The van der Waals surface area contributed by atoms with Crippen LogP contribution in [-0.4, -0.2) is 37.0 Å². The number of hydrogen-bond donors (Lipinski definition) is 0. The molecule has 4 heteroatoms. The summed E-state index contributed by atoms with van der Waals surface area (Å²) in [5.74, 6) is -0.412. The van der Waals surface area contributed by atoms with Gasteiger partial charge in [-0.15, -0.1) is 0 Å². The van der Waals surface area contributed by atoms with Gasteiger partial charge in [-0.25, -0.2) is 0 Å². The molecule has 104 valence electrons. The summed E-state index contributed by atoms with van der Waals surface area (Å²) in [5, 5.41) is 0. The van der Waals surface area contributed by atoms with Crippen molar-refractivity contribution in [2.24, 2.45) is 0 Å². The number of nitrogens with zero attached hydrogens (tertiary/aromatic N) is 1. The molecule has 1 aromatic rings. The zero-order valence-electron chi connectivity index (χ0n) is 11.8. The van der Waals surface area contributed by atoms with Crippen LogP contribution in [0.5, 0.6) is 0 Å². The van der Waals surface area contributed by atoms with Gasteiger partial charge in [0.25, 0.3) is 0 Å². The van der Waals surface area contributed by atoms with E-state index in [4.69, 9.17) is 4.74 Å². The topological polar surface area (TPSA) is 46.6 Å². The highest BCUT2D eigenvalue weighted by atomic mass is 16.5. The van der Waals surface area contributed by atoms with Gasteiger partial charge >= 0.3 is 5.97 Å². The van der Waals surface area contributed by atoms with Crippen molar-refractivity contribution in [1.82, 2.24) is 4.90 Å². The Balaban J connectivity index is 2.43. The SMILES string of the molecule is CCOC(=O)CN(C)C(=O)CCc1ccccc1C. The molecule has 0 saturated carbocycles. The van der Waals surface area contributed by atoms with Crippen molar-refractivity contribution in [3.05, 3.63) is 35.4 Å². The van der Waals surface area contributed by atoms with Gasteiger partial charge in [-0.2, -0.15) is 0 Å². The first-order chi connectivity index (χ1) is 9.04. The quantitative estimate of drug-likeness (QED) is 0.737. The van der Waals surface area contributed by atoms with Gasteiger partial charge in [0.15, 0.2) is 0 Å². The Bertz CT molecular complexity index is 443. The number of carbonyl (C=O) groups is 2. The molecule has 0 N–H and O–H groups in total. The maximum Gasteiger partial charge on any atom is 0.325 e. The van der Waals surface area contributed by atoms with Crippen molar-refractivity contribution >= 4 is 11.9 Å². The lowest BCUT2D eigenvalue weighted by Crippen LogP contribution is -2.33. The highest BCUT2D eigenvalue weighted by Crippen LogP contribution is 2.10. The molecule has 1 amide bonds. The standard InChI is InChI=1S/C15H21NO3/c1-4-19-15(18)11-16(3)14(17)10-9-13-8-6-5-7-12(13)2/h5-8H,4,9-11H2,1-3H3. The minimum absolute atomic E-state index is 0.0143. The van der Waals surface area contributed by atoms with Gasteiger partial charge < -0.3 is 9.64 Å². The number of carbonyl (C=O) groups excluding carboxylic acids is 2. The summed E-state index contributed by atoms with van der Waals surface area (Å²) in [6.07, 6.45) is 1.10. The van der Waals surface area contributed by atoms with E-state index in [-0.39, 0.29) is 18.4 Å². The lowest BCUT2D eigenvalue weighted by atomic mass is 10.0. The number of likely N-dealkylation sites (N-methyl/N-ethyl adjacent to an activating group) is 1. The van der Waals surface area contributed by atoms with E-state index in [0.717, 1.165) is 0 Å². The first-order valence-electron chi connectivity index (χ1n) is 6.48. The number of hydrogen-bond acceptors (Lipinski definition) is 3. The molecule has 0 aliphatic heterocycles. The number of amides is 1. The molecule has 19 heavy (non-hydrogen) atoms. The predicted octanol–water partition coefficient (Wildman–Crippen LogP) is 1.95. The molecule has 1 aromatic carbocycles. The smallest absolute Gasteiger partial charge is 0.325 e. The molecule has 0 radical (unpaired) electrons. The van der Waals surface area contributed by atoms with E-state index in [2.05, 4.69) is 0 Å². The lowest BCUT2D eigenvalue weighted by molar-refractivity contribution is -0.148. The average molecular weight is 263 g/mol. The maximum absolute atomic E-state index is 11.9. The Morgan fingerprint density at radius 3 is 2.58 bits per heavy atom. The lowest BCUT2D eigenvalue weighted by Gasteiger charge is -2.16. The second-order valence-corrected chi connectivity index (χ2v) is 4.48. The van der Waals surface area contributed by atoms with Crippen molar-refractivity contribution in [2.45, 2.75) is 26.7 Å². The Morgan fingerprint density at radius 2 is 1.95 bits per heavy atom. The Hall–Kier alpha value is -1.84. The van der Waals surface area contributed by atoms with Gasteiger partial charge in [0, 0.05) is 13.5 Å². The van der Waals surface area contributed by atoms with Crippen LogP contribution >= 0.6 is 0 Å². The van der Waals surface area contributed by atoms with Crippen molar-refractivity contribution in [1.29, 1.82) is 0 Å². The third-order valence-electron chi connectivity index (χ3n) is 2.97. The monoisotopic (exact) mass is 263 g/mol. The van der Waals surface area contributed by atoms with Crippen molar-refractivity contribution in [3.63, 3.8) is 0 Å². The van der Waals surface area contributed by atoms with Crippen LogP contribution in [0.1, 0.15) is 24.5 Å². The summed E-state index contributed by atoms with van der Waals surface area (Å²) in [4.78, 5) is 24.6. The number of ether oxygens (including phenoxy) is 1. The number of aryl methyl sites for hydroxylation is 2. The maximum atomic E-state index is 11.9. The van der Waals surface area contributed by atoms with E-state index in [1.165, 1.54) is 16.0 Å². The molecule has 0 saturated heterocycles. The summed E-state index contributed by atoms with van der Waals surface area (Å²) in [5.41, 5.74) is 2.35. The molecule has 0 aromatic heterocycles. The molecule has 0 fully saturated rings.